The number of benzene rings is 2. The molecule has 0 saturated carbocycles. The van der Waals surface area contributed by atoms with Gasteiger partial charge in [-0.25, -0.2) is 0 Å². The number of hydrogen-bond acceptors (Lipinski definition) is 1. The zero-order valence-electron chi connectivity index (χ0n) is 9.01. The molecule has 0 spiro atoms. The van der Waals surface area contributed by atoms with Gasteiger partial charge < -0.3 is 4.90 Å². The second-order valence-electron chi connectivity index (χ2n) is 3.51. The van der Waals surface area contributed by atoms with Crippen molar-refractivity contribution >= 4 is 27.3 Å². The molecule has 82 valence electrons. The van der Waals surface area contributed by atoms with Gasteiger partial charge in [0, 0.05) is 23.2 Å². The molecule has 0 unspecified atom stereocenters. The zero-order valence-corrected chi connectivity index (χ0v) is 10.6. The van der Waals surface area contributed by atoms with Crippen molar-refractivity contribution in [2.75, 3.05) is 16.8 Å². The molecule has 0 amide bonds. The Labute approximate surface area is 105 Å². The van der Waals surface area contributed by atoms with Gasteiger partial charge in [-0.3, -0.25) is 0 Å². The van der Waals surface area contributed by atoms with Gasteiger partial charge in [0.25, 0.3) is 0 Å². The third-order valence-electron chi connectivity index (χ3n) is 2.44. The number of rotatable bonds is 4. The van der Waals surface area contributed by atoms with Crippen LogP contribution in [0.2, 0.25) is 0 Å². The van der Waals surface area contributed by atoms with Crippen molar-refractivity contribution in [2.45, 2.75) is 0 Å². The van der Waals surface area contributed by atoms with Crippen LogP contribution in [0, 0.1) is 0 Å². The van der Waals surface area contributed by atoms with E-state index in [0.29, 0.717) is 0 Å². The monoisotopic (exact) mass is 275 g/mol. The van der Waals surface area contributed by atoms with E-state index in [1.165, 1.54) is 11.4 Å². The summed E-state index contributed by atoms with van der Waals surface area (Å²) >= 11 is 3.50. The smallest absolute Gasteiger partial charge is 0.0410 e. The van der Waals surface area contributed by atoms with Crippen LogP contribution >= 0.6 is 15.9 Å². The van der Waals surface area contributed by atoms with Gasteiger partial charge >= 0.3 is 0 Å². The molecular formula is C14H14BrN. The van der Waals surface area contributed by atoms with Crippen LogP contribution in [0.25, 0.3) is 0 Å². The van der Waals surface area contributed by atoms with Gasteiger partial charge in [-0.05, 0) is 24.3 Å². The Bertz CT molecular complexity index is 374. The summed E-state index contributed by atoms with van der Waals surface area (Å²) in [4.78, 5) is 2.30. The molecule has 2 heteroatoms. The first-order chi connectivity index (χ1) is 7.92. The zero-order chi connectivity index (χ0) is 11.2. The van der Waals surface area contributed by atoms with E-state index in [4.69, 9.17) is 0 Å². The van der Waals surface area contributed by atoms with E-state index in [0.717, 1.165) is 11.9 Å². The highest BCUT2D eigenvalue weighted by atomic mass is 79.9. The molecule has 0 bridgehead atoms. The molecule has 0 aromatic heterocycles. The van der Waals surface area contributed by atoms with Gasteiger partial charge in [0.1, 0.15) is 0 Å². The molecule has 0 radical (unpaired) electrons. The minimum Gasteiger partial charge on any atom is -0.341 e. The van der Waals surface area contributed by atoms with Crippen LogP contribution < -0.4 is 4.90 Å². The first kappa shape index (κ1) is 11.2. The average Bonchev–Trinajstić information content (AvgIpc) is 2.38. The van der Waals surface area contributed by atoms with E-state index in [-0.39, 0.29) is 0 Å². The minimum atomic E-state index is 0.955. The second kappa shape index (κ2) is 5.71. The minimum absolute atomic E-state index is 0.955. The van der Waals surface area contributed by atoms with E-state index in [1.54, 1.807) is 0 Å². The van der Waals surface area contributed by atoms with Crippen molar-refractivity contribution in [1.82, 2.24) is 0 Å². The van der Waals surface area contributed by atoms with Crippen LogP contribution in [0.3, 0.4) is 0 Å². The second-order valence-corrected chi connectivity index (χ2v) is 4.30. The largest absolute Gasteiger partial charge is 0.341 e. The molecule has 0 aliphatic heterocycles. The highest BCUT2D eigenvalue weighted by Gasteiger charge is 2.06. The standard InChI is InChI=1S/C14H14BrN/c15-11-12-16(13-7-3-1-4-8-13)14-9-5-2-6-10-14/h1-10H,11-12H2. The normalized spacial score (nSPS) is 10.1. The molecule has 2 rings (SSSR count). The predicted molar refractivity (Wildman–Crippen MR) is 73.7 cm³/mol. The summed E-state index contributed by atoms with van der Waals surface area (Å²) in [7, 11) is 0. The molecule has 0 aliphatic rings. The molecule has 16 heavy (non-hydrogen) atoms. The Balaban J connectivity index is 2.31. The Morgan fingerprint density at radius 3 is 1.56 bits per heavy atom. The highest BCUT2D eigenvalue weighted by molar-refractivity contribution is 9.09. The molecule has 0 aliphatic carbocycles. The van der Waals surface area contributed by atoms with Crippen LogP contribution in [0.4, 0.5) is 11.4 Å². The SMILES string of the molecule is BrCCN(c1ccccc1)c1ccccc1. The van der Waals surface area contributed by atoms with E-state index >= 15 is 0 Å². The summed E-state index contributed by atoms with van der Waals surface area (Å²) < 4.78 is 0. The Kier molecular flexibility index (Phi) is 4.00. The highest BCUT2D eigenvalue weighted by Crippen LogP contribution is 2.24. The van der Waals surface area contributed by atoms with Crippen molar-refractivity contribution in [1.29, 1.82) is 0 Å². The average molecular weight is 276 g/mol. The maximum Gasteiger partial charge on any atom is 0.0410 e. The predicted octanol–water partition coefficient (Wildman–Crippen LogP) is 4.22. The molecular weight excluding hydrogens is 262 g/mol. The van der Waals surface area contributed by atoms with Crippen LogP contribution in [0.15, 0.2) is 60.7 Å². The Morgan fingerprint density at radius 1 is 0.750 bits per heavy atom. The third-order valence-corrected chi connectivity index (χ3v) is 2.80. The molecule has 0 fully saturated rings. The summed E-state index contributed by atoms with van der Waals surface area (Å²) in [5.74, 6) is 0. The van der Waals surface area contributed by atoms with Gasteiger partial charge in [0.2, 0.25) is 0 Å². The van der Waals surface area contributed by atoms with Crippen LogP contribution in [0.1, 0.15) is 0 Å². The Morgan fingerprint density at radius 2 is 1.19 bits per heavy atom. The maximum absolute atomic E-state index is 3.50. The van der Waals surface area contributed by atoms with E-state index in [2.05, 4.69) is 69.4 Å². The lowest BCUT2D eigenvalue weighted by Gasteiger charge is -2.24. The summed E-state index contributed by atoms with van der Waals surface area (Å²) in [5.41, 5.74) is 2.46. The fourth-order valence-electron chi connectivity index (χ4n) is 1.71. The molecule has 2 aromatic rings. The van der Waals surface area contributed by atoms with Crippen LogP contribution in [0.5, 0.6) is 0 Å². The first-order valence-electron chi connectivity index (χ1n) is 5.35. The first-order valence-corrected chi connectivity index (χ1v) is 6.47. The maximum atomic E-state index is 3.50. The molecule has 0 saturated heterocycles. The van der Waals surface area contributed by atoms with Crippen molar-refractivity contribution in [2.24, 2.45) is 0 Å². The lowest BCUT2D eigenvalue weighted by Crippen LogP contribution is -2.19. The molecule has 0 atom stereocenters. The van der Waals surface area contributed by atoms with E-state index in [1.807, 2.05) is 12.1 Å². The van der Waals surface area contributed by atoms with Crippen molar-refractivity contribution in [3.8, 4) is 0 Å². The van der Waals surface area contributed by atoms with Crippen molar-refractivity contribution in [3.63, 3.8) is 0 Å². The molecule has 2 aromatic carbocycles. The van der Waals surface area contributed by atoms with Crippen LogP contribution in [-0.4, -0.2) is 11.9 Å². The quantitative estimate of drug-likeness (QED) is 0.756. The summed E-state index contributed by atoms with van der Waals surface area (Å²) in [6.45, 7) is 0.966. The summed E-state index contributed by atoms with van der Waals surface area (Å²) in [5, 5.41) is 0.955. The van der Waals surface area contributed by atoms with Crippen molar-refractivity contribution < 1.29 is 0 Å². The summed E-state index contributed by atoms with van der Waals surface area (Å²) in [6, 6.07) is 20.9. The number of anilines is 2. The molecule has 0 N–H and O–H groups in total. The van der Waals surface area contributed by atoms with Gasteiger partial charge in [-0.1, -0.05) is 52.3 Å². The fraction of sp³-hybridized carbons (Fsp3) is 0.143. The lowest BCUT2D eigenvalue weighted by atomic mass is 10.2. The number of halogens is 1. The fourth-order valence-corrected chi connectivity index (χ4v) is 2.06. The van der Waals surface area contributed by atoms with Crippen molar-refractivity contribution in [3.05, 3.63) is 60.7 Å². The third kappa shape index (κ3) is 2.64. The van der Waals surface area contributed by atoms with Gasteiger partial charge in [-0.2, -0.15) is 0 Å². The number of hydrogen-bond donors (Lipinski definition) is 0. The summed E-state index contributed by atoms with van der Waals surface area (Å²) in [6.07, 6.45) is 0. The lowest BCUT2D eigenvalue weighted by molar-refractivity contribution is 1.04. The van der Waals surface area contributed by atoms with Gasteiger partial charge in [-0.15, -0.1) is 0 Å². The molecule has 1 nitrogen and oxygen atoms in total. The topological polar surface area (TPSA) is 3.24 Å². The Hall–Kier alpha value is -1.28. The van der Waals surface area contributed by atoms with Crippen LogP contribution in [-0.2, 0) is 0 Å². The van der Waals surface area contributed by atoms with E-state index < -0.39 is 0 Å². The van der Waals surface area contributed by atoms with Gasteiger partial charge in [0.05, 0.1) is 0 Å². The number of nitrogens with zero attached hydrogens (tertiary/aromatic N) is 1. The van der Waals surface area contributed by atoms with E-state index in [9.17, 15) is 0 Å². The number of para-hydroxylation sites is 2. The number of alkyl halides is 1. The molecule has 0 heterocycles. The van der Waals surface area contributed by atoms with Gasteiger partial charge in [0.15, 0.2) is 0 Å².